The molecular formula is C20H25N7O2S. The number of imidazole rings is 1. The highest BCUT2D eigenvalue weighted by molar-refractivity contribution is 7.87. The summed E-state index contributed by atoms with van der Waals surface area (Å²) < 4.78 is 28.0. The number of benzene rings is 1. The molecular weight excluding hydrogens is 402 g/mol. The molecule has 0 aliphatic heterocycles. The number of aromatic nitrogens is 4. The first-order valence-electron chi connectivity index (χ1n) is 9.71. The number of H-pyrrole nitrogens is 1. The molecule has 30 heavy (non-hydrogen) atoms. The van der Waals surface area contributed by atoms with Crippen molar-refractivity contribution in [1.82, 2.24) is 29.0 Å². The molecule has 158 valence electrons. The van der Waals surface area contributed by atoms with Crippen LogP contribution in [0.15, 0.2) is 30.5 Å². The van der Waals surface area contributed by atoms with Gasteiger partial charge in [0.15, 0.2) is 11.6 Å². The first-order valence-corrected chi connectivity index (χ1v) is 11.2. The molecule has 0 bridgehead atoms. The van der Waals surface area contributed by atoms with Gasteiger partial charge in [0.2, 0.25) is 0 Å². The average molecular weight is 428 g/mol. The number of nitrogens with zero attached hydrogens (tertiary/aromatic N) is 4. The molecule has 0 saturated carbocycles. The van der Waals surface area contributed by atoms with Crippen molar-refractivity contribution in [1.29, 1.82) is 0 Å². The summed E-state index contributed by atoms with van der Waals surface area (Å²) in [6.45, 7) is 2.02. The quantitative estimate of drug-likeness (QED) is 0.572. The van der Waals surface area contributed by atoms with Gasteiger partial charge in [0.1, 0.15) is 5.69 Å². The van der Waals surface area contributed by atoms with Gasteiger partial charge in [-0.1, -0.05) is 12.1 Å². The maximum Gasteiger partial charge on any atom is 0.279 e. The summed E-state index contributed by atoms with van der Waals surface area (Å²) in [4.78, 5) is 16.9. The molecule has 2 heterocycles. The minimum Gasteiger partial charge on any atom is -0.382 e. The summed E-state index contributed by atoms with van der Waals surface area (Å²) in [5.41, 5.74) is 11.3. The number of hydrogen-bond acceptors (Lipinski definition) is 6. The van der Waals surface area contributed by atoms with Crippen molar-refractivity contribution in [3.8, 4) is 11.5 Å². The summed E-state index contributed by atoms with van der Waals surface area (Å²) in [5, 5.41) is 0. The van der Waals surface area contributed by atoms with Gasteiger partial charge in [-0.25, -0.2) is 15.0 Å². The second-order valence-electron chi connectivity index (χ2n) is 7.70. The Morgan fingerprint density at radius 1 is 1.27 bits per heavy atom. The lowest BCUT2D eigenvalue weighted by Gasteiger charge is -2.24. The fourth-order valence-electron chi connectivity index (χ4n) is 3.45. The fraction of sp³-hybridized carbons (Fsp3) is 0.350. The van der Waals surface area contributed by atoms with E-state index in [1.165, 1.54) is 18.4 Å². The smallest absolute Gasteiger partial charge is 0.279 e. The Morgan fingerprint density at radius 3 is 2.77 bits per heavy atom. The molecule has 2 aromatic heterocycles. The van der Waals surface area contributed by atoms with Crippen LogP contribution in [-0.2, 0) is 10.2 Å². The molecule has 10 heteroatoms. The zero-order valence-corrected chi connectivity index (χ0v) is 18.0. The normalized spacial score (nSPS) is 17.5. The molecule has 0 saturated heterocycles. The lowest BCUT2D eigenvalue weighted by atomic mass is 9.94. The lowest BCUT2D eigenvalue weighted by molar-refractivity contribution is 0.474. The van der Waals surface area contributed by atoms with Crippen molar-refractivity contribution in [2.75, 3.05) is 19.8 Å². The second-order valence-corrected chi connectivity index (χ2v) is 9.62. The molecule has 9 nitrogen and oxygen atoms in total. The van der Waals surface area contributed by atoms with Gasteiger partial charge in [0.05, 0.1) is 22.9 Å². The molecule has 0 radical (unpaired) electrons. The molecule has 1 aliphatic rings. The second kappa shape index (κ2) is 7.78. The molecule has 1 atom stereocenters. The van der Waals surface area contributed by atoms with Gasteiger partial charge in [0.25, 0.3) is 10.2 Å². The number of nitrogens with two attached hydrogens (primary N) is 1. The monoisotopic (exact) mass is 427 g/mol. The van der Waals surface area contributed by atoms with Crippen LogP contribution in [0.25, 0.3) is 28.1 Å². The summed E-state index contributed by atoms with van der Waals surface area (Å²) >= 11 is 0. The van der Waals surface area contributed by atoms with Crippen LogP contribution in [0.2, 0.25) is 0 Å². The number of nitrogens with one attached hydrogen (secondary N) is 2. The standard InChI is InChI=1S/C20H25N7O2S/c1-12-4-9-15-16(10-12)25-20(24-15)18-19(21)22-11-17(23-18)13-5-7-14(8-6-13)26-30(28,29)27(2)3/h4-5,9-11,14,26H,6-8H2,1-3H3,(H2,21,22)(H,24,25). The summed E-state index contributed by atoms with van der Waals surface area (Å²) in [5.74, 6) is 0.887. The molecule has 1 aliphatic carbocycles. The molecule has 4 rings (SSSR count). The van der Waals surface area contributed by atoms with Crippen molar-refractivity contribution in [2.24, 2.45) is 0 Å². The SMILES string of the molecule is Cc1ccc2nc(-c3nc(C4=CCC(NS(=O)(=O)N(C)C)CC4)cnc3N)[nH]c2c1. The Labute approximate surface area is 175 Å². The minimum absolute atomic E-state index is 0.138. The maximum atomic E-state index is 12.0. The van der Waals surface area contributed by atoms with E-state index in [0.717, 1.165) is 27.9 Å². The molecule has 1 aromatic carbocycles. The average Bonchev–Trinajstić information content (AvgIpc) is 3.11. The van der Waals surface area contributed by atoms with E-state index in [9.17, 15) is 8.42 Å². The van der Waals surface area contributed by atoms with Crippen LogP contribution >= 0.6 is 0 Å². The lowest BCUT2D eigenvalue weighted by Crippen LogP contribution is -2.42. The van der Waals surface area contributed by atoms with Crippen LogP contribution in [-0.4, -0.2) is 52.8 Å². The largest absolute Gasteiger partial charge is 0.382 e. The third kappa shape index (κ3) is 4.07. The maximum absolute atomic E-state index is 12.0. The van der Waals surface area contributed by atoms with Crippen molar-refractivity contribution < 1.29 is 8.42 Å². The Morgan fingerprint density at radius 2 is 2.07 bits per heavy atom. The number of hydrogen-bond donors (Lipinski definition) is 3. The Bertz CT molecular complexity index is 1230. The zero-order chi connectivity index (χ0) is 21.5. The van der Waals surface area contributed by atoms with Gasteiger partial charge in [-0.3, -0.25) is 0 Å². The number of fused-ring (bicyclic) bond motifs is 1. The third-order valence-electron chi connectivity index (χ3n) is 5.20. The van der Waals surface area contributed by atoms with E-state index in [1.54, 1.807) is 6.20 Å². The number of nitrogen functional groups attached to an aromatic ring is 1. The number of aromatic amines is 1. The Balaban J connectivity index is 1.59. The highest BCUT2D eigenvalue weighted by atomic mass is 32.2. The van der Waals surface area contributed by atoms with E-state index in [-0.39, 0.29) is 6.04 Å². The number of rotatable bonds is 5. The highest BCUT2D eigenvalue weighted by Gasteiger charge is 2.23. The number of aryl methyl sites for hydroxylation is 1. The van der Waals surface area contributed by atoms with Crippen molar-refractivity contribution in [3.05, 3.63) is 41.7 Å². The van der Waals surface area contributed by atoms with Crippen molar-refractivity contribution in [3.63, 3.8) is 0 Å². The Hall–Kier alpha value is -2.82. The van der Waals surface area contributed by atoms with Crippen LogP contribution in [0.5, 0.6) is 0 Å². The predicted molar refractivity (Wildman–Crippen MR) is 118 cm³/mol. The third-order valence-corrected chi connectivity index (χ3v) is 6.79. The Kier molecular flexibility index (Phi) is 5.31. The van der Waals surface area contributed by atoms with Crippen molar-refractivity contribution in [2.45, 2.75) is 32.2 Å². The first kappa shape index (κ1) is 20.5. The van der Waals surface area contributed by atoms with Crippen LogP contribution < -0.4 is 10.5 Å². The highest BCUT2D eigenvalue weighted by Crippen LogP contribution is 2.29. The number of allylic oxidation sites excluding steroid dienone is 1. The molecule has 0 spiro atoms. The van der Waals surface area contributed by atoms with Gasteiger partial charge >= 0.3 is 0 Å². The molecule has 1 unspecified atom stereocenters. The van der Waals surface area contributed by atoms with E-state index < -0.39 is 10.2 Å². The van der Waals surface area contributed by atoms with E-state index in [4.69, 9.17) is 10.7 Å². The molecule has 4 N–H and O–H groups in total. The summed E-state index contributed by atoms with van der Waals surface area (Å²) in [6.07, 6.45) is 5.63. The fourth-order valence-corrected chi connectivity index (χ4v) is 4.30. The van der Waals surface area contributed by atoms with Crippen LogP contribution in [0, 0.1) is 6.92 Å². The molecule has 3 aromatic rings. The van der Waals surface area contributed by atoms with Crippen LogP contribution in [0.4, 0.5) is 5.82 Å². The van der Waals surface area contributed by atoms with Gasteiger partial charge in [0, 0.05) is 20.1 Å². The summed E-state index contributed by atoms with van der Waals surface area (Å²) in [7, 11) is -0.425. The van der Waals surface area contributed by atoms with E-state index in [1.807, 2.05) is 31.2 Å². The topological polar surface area (TPSA) is 130 Å². The van der Waals surface area contributed by atoms with E-state index in [0.29, 0.717) is 36.6 Å². The van der Waals surface area contributed by atoms with Crippen molar-refractivity contribution >= 4 is 32.6 Å². The van der Waals surface area contributed by atoms with E-state index in [2.05, 4.69) is 19.7 Å². The van der Waals surface area contributed by atoms with Crippen LogP contribution in [0.1, 0.15) is 30.5 Å². The molecule has 0 fully saturated rings. The van der Waals surface area contributed by atoms with Gasteiger partial charge in [-0.2, -0.15) is 17.4 Å². The first-order chi connectivity index (χ1) is 14.2. The van der Waals surface area contributed by atoms with Gasteiger partial charge < -0.3 is 10.7 Å². The minimum atomic E-state index is -3.45. The van der Waals surface area contributed by atoms with Gasteiger partial charge in [-0.15, -0.1) is 0 Å². The summed E-state index contributed by atoms with van der Waals surface area (Å²) in [6, 6.07) is 5.85. The van der Waals surface area contributed by atoms with Crippen LogP contribution in [0.3, 0.4) is 0 Å². The zero-order valence-electron chi connectivity index (χ0n) is 17.2. The molecule has 0 amide bonds. The number of anilines is 1. The predicted octanol–water partition coefficient (Wildman–Crippen LogP) is 2.24. The van der Waals surface area contributed by atoms with Gasteiger partial charge in [-0.05, 0) is 49.5 Å². The van der Waals surface area contributed by atoms with E-state index >= 15 is 0 Å².